The fourth-order valence-electron chi connectivity index (χ4n) is 1.85. The van der Waals surface area contributed by atoms with E-state index in [2.05, 4.69) is 21.2 Å². The number of benzene rings is 1. The maximum absolute atomic E-state index is 8.15. The monoisotopic (exact) mass is 291 g/mol. The molecule has 0 spiro atoms. The Hall–Kier alpha value is -1.75. The van der Waals surface area contributed by atoms with Gasteiger partial charge in [-0.25, -0.2) is 0 Å². The van der Waals surface area contributed by atoms with Crippen molar-refractivity contribution in [3.05, 3.63) is 46.6 Å². The topological polar surface area (TPSA) is 52.3 Å². The highest BCUT2D eigenvalue weighted by Crippen LogP contribution is 2.27. The highest BCUT2D eigenvalue weighted by molar-refractivity contribution is 9.10. The molecule has 0 unspecified atom stereocenters. The van der Waals surface area contributed by atoms with Crippen molar-refractivity contribution in [1.82, 2.24) is 0 Å². The minimum absolute atomic E-state index is 0.454. The largest absolute Gasteiger partial charge is 0.448 e. The number of hydrogen-bond donors (Lipinski definition) is 2. The molecule has 0 atom stereocenters. The van der Waals surface area contributed by atoms with Crippen molar-refractivity contribution in [2.75, 3.05) is 16.9 Å². The molecule has 0 fully saturated rings. The van der Waals surface area contributed by atoms with Crippen LogP contribution >= 0.6 is 15.9 Å². The van der Waals surface area contributed by atoms with Gasteiger partial charge in [0, 0.05) is 10.2 Å². The number of nitrogens with zero attached hydrogens (tertiary/aromatic N) is 1. The first-order valence-corrected chi connectivity index (χ1v) is 5.98. The van der Waals surface area contributed by atoms with Crippen LogP contribution in [-0.4, -0.2) is 12.5 Å². The van der Waals surface area contributed by atoms with E-state index in [0.717, 1.165) is 15.7 Å². The fourth-order valence-corrected chi connectivity index (χ4v) is 2.11. The van der Waals surface area contributed by atoms with Crippen LogP contribution in [0.4, 0.5) is 11.6 Å². The average molecular weight is 292 g/mol. The smallest absolute Gasteiger partial charge is 0.205 e. The Kier molecular flexibility index (Phi) is 2.40. The van der Waals surface area contributed by atoms with Crippen LogP contribution in [0.25, 0.3) is 0 Å². The van der Waals surface area contributed by atoms with Crippen LogP contribution in [0.3, 0.4) is 0 Å². The van der Waals surface area contributed by atoms with Crippen LogP contribution in [0.15, 0.2) is 45.5 Å². The molecule has 0 amide bonds. The van der Waals surface area contributed by atoms with E-state index in [0.29, 0.717) is 18.4 Å². The summed E-state index contributed by atoms with van der Waals surface area (Å²) < 4.78 is 6.27. The molecule has 2 heterocycles. The lowest BCUT2D eigenvalue weighted by molar-refractivity contribution is 0.577. The molecule has 1 aliphatic rings. The Morgan fingerprint density at radius 3 is 2.76 bits per heavy atom. The molecule has 0 saturated carbocycles. The van der Waals surface area contributed by atoms with Gasteiger partial charge in [-0.3, -0.25) is 5.41 Å². The van der Waals surface area contributed by atoms with E-state index < -0.39 is 0 Å². The number of nitrogens with one attached hydrogen (secondary N) is 2. The van der Waals surface area contributed by atoms with Crippen LogP contribution in [-0.2, 0) is 0 Å². The highest BCUT2D eigenvalue weighted by atomic mass is 79.9. The summed E-state index contributed by atoms with van der Waals surface area (Å²) in [5.74, 6) is 1.12. The Morgan fingerprint density at radius 2 is 2.00 bits per heavy atom. The summed E-state index contributed by atoms with van der Waals surface area (Å²) in [5.41, 5.74) is 1.77. The van der Waals surface area contributed by atoms with Gasteiger partial charge in [-0.2, -0.15) is 0 Å². The minimum Gasteiger partial charge on any atom is -0.448 e. The lowest BCUT2D eigenvalue weighted by Crippen LogP contribution is -2.39. The van der Waals surface area contributed by atoms with Crippen molar-refractivity contribution in [3.8, 4) is 0 Å². The van der Waals surface area contributed by atoms with E-state index in [1.165, 1.54) is 0 Å². The second-order valence-corrected chi connectivity index (χ2v) is 4.67. The average Bonchev–Trinajstić information content (AvgIpc) is 2.80. The van der Waals surface area contributed by atoms with Crippen molar-refractivity contribution in [2.45, 2.75) is 0 Å². The van der Waals surface area contributed by atoms with Gasteiger partial charge in [0.15, 0.2) is 0 Å². The molecule has 86 valence electrons. The number of hydrogen-bond acceptors (Lipinski definition) is 3. The lowest BCUT2D eigenvalue weighted by atomic mass is 10.2. The predicted molar refractivity (Wildman–Crippen MR) is 70.6 cm³/mol. The Labute approximate surface area is 107 Å². The normalized spacial score (nSPS) is 14.4. The van der Waals surface area contributed by atoms with Gasteiger partial charge in [0.2, 0.25) is 5.88 Å². The molecule has 2 N–H and O–H groups in total. The number of furan rings is 1. The standard InChI is InChI=1S/C12H10BrN3O/c13-8-1-3-9(4-2-8)16-7-15-12-10(11(16)14)5-6-17-12/h1-6,14-15H,7H2. The lowest BCUT2D eigenvalue weighted by Gasteiger charge is -2.29. The van der Waals surface area contributed by atoms with Gasteiger partial charge in [-0.05, 0) is 30.3 Å². The van der Waals surface area contributed by atoms with Gasteiger partial charge < -0.3 is 14.6 Å². The zero-order chi connectivity index (χ0) is 11.8. The van der Waals surface area contributed by atoms with Crippen LogP contribution in [0.5, 0.6) is 0 Å². The van der Waals surface area contributed by atoms with Crippen molar-refractivity contribution in [3.63, 3.8) is 0 Å². The zero-order valence-electron chi connectivity index (χ0n) is 8.90. The van der Waals surface area contributed by atoms with Crippen molar-refractivity contribution in [2.24, 2.45) is 0 Å². The molecular weight excluding hydrogens is 282 g/mol. The molecule has 3 rings (SSSR count). The summed E-state index contributed by atoms with van der Waals surface area (Å²) in [4.78, 5) is 1.89. The molecule has 5 heteroatoms. The highest BCUT2D eigenvalue weighted by Gasteiger charge is 2.23. The predicted octanol–water partition coefficient (Wildman–Crippen LogP) is 3.26. The summed E-state index contributed by atoms with van der Waals surface area (Å²) in [5, 5.41) is 11.3. The van der Waals surface area contributed by atoms with E-state index in [9.17, 15) is 0 Å². The minimum atomic E-state index is 0.454. The van der Waals surface area contributed by atoms with E-state index >= 15 is 0 Å². The maximum Gasteiger partial charge on any atom is 0.205 e. The maximum atomic E-state index is 8.15. The molecule has 0 radical (unpaired) electrons. The van der Waals surface area contributed by atoms with Gasteiger partial charge in [0.1, 0.15) is 5.84 Å². The quantitative estimate of drug-likeness (QED) is 0.848. The van der Waals surface area contributed by atoms with Crippen molar-refractivity contribution in [1.29, 1.82) is 5.41 Å². The molecule has 0 saturated heterocycles. The summed E-state index contributed by atoms with van der Waals surface area (Å²) in [6.07, 6.45) is 1.59. The molecule has 1 aromatic heterocycles. The number of anilines is 2. The van der Waals surface area contributed by atoms with E-state index in [-0.39, 0.29) is 0 Å². The van der Waals surface area contributed by atoms with Crippen molar-refractivity contribution < 1.29 is 4.42 Å². The van der Waals surface area contributed by atoms with Crippen molar-refractivity contribution >= 4 is 33.3 Å². The zero-order valence-corrected chi connectivity index (χ0v) is 10.5. The van der Waals surface area contributed by atoms with Crippen LogP contribution < -0.4 is 10.2 Å². The molecule has 2 aromatic rings. The van der Waals surface area contributed by atoms with Gasteiger partial charge in [-0.1, -0.05) is 15.9 Å². The SMILES string of the molecule is N=C1c2ccoc2NCN1c1ccc(Br)cc1. The number of amidine groups is 1. The molecule has 0 aliphatic carbocycles. The molecule has 0 bridgehead atoms. The van der Waals surface area contributed by atoms with E-state index in [4.69, 9.17) is 9.83 Å². The number of fused-ring (bicyclic) bond motifs is 1. The second-order valence-electron chi connectivity index (χ2n) is 3.75. The van der Waals surface area contributed by atoms with E-state index in [1.807, 2.05) is 29.2 Å². The Balaban J connectivity index is 1.96. The number of halogens is 1. The first-order chi connectivity index (χ1) is 8.25. The first kappa shape index (κ1) is 10.4. The van der Waals surface area contributed by atoms with Gasteiger partial charge >= 0.3 is 0 Å². The third kappa shape index (κ3) is 1.72. The molecular formula is C12H10BrN3O. The molecule has 4 nitrogen and oxygen atoms in total. The summed E-state index contributed by atoms with van der Waals surface area (Å²) in [6, 6.07) is 9.69. The molecule has 17 heavy (non-hydrogen) atoms. The first-order valence-electron chi connectivity index (χ1n) is 5.19. The van der Waals surface area contributed by atoms with Gasteiger partial charge in [0.05, 0.1) is 18.5 Å². The third-order valence-electron chi connectivity index (χ3n) is 2.73. The number of rotatable bonds is 1. The Bertz CT molecular complexity index is 561. The Morgan fingerprint density at radius 1 is 1.24 bits per heavy atom. The fraction of sp³-hybridized carbons (Fsp3) is 0.0833. The summed E-state index contributed by atoms with van der Waals surface area (Å²) in [6.45, 7) is 0.543. The third-order valence-corrected chi connectivity index (χ3v) is 3.25. The van der Waals surface area contributed by atoms with Gasteiger partial charge in [0.25, 0.3) is 0 Å². The van der Waals surface area contributed by atoms with Crippen LogP contribution in [0, 0.1) is 5.41 Å². The second kappa shape index (κ2) is 3.92. The summed E-state index contributed by atoms with van der Waals surface area (Å²) >= 11 is 3.40. The van der Waals surface area contributed by atoms with Crippen LogP contribution in [0.1, 0.15) is 5.56 Å². The van der Waals surface area contributed by atoms with Crippen LogP contribution in [0.2, 0.25) is 0 Å². The molecule has 1 aromatic carbocycles. The summed E-state index contributed by atoms with van der Waals surface area (Å²) in [7, 11) is 0. The molecule has 1 aliphatic heterocycles. The van der Waals surface area contributed by atoms with Gasteiger partial charge in [-0.15, -0.1) is 0 Å². The van der Waals surface area contributed by atoms with E-state index in [1.54, 1.807) is 12.3 Å².